The van der Waals surface area contributed by atoms with Crippen LogP contribution in [0.1, 0.15) is 19.4 Å². The molecule has 2 fully saturated rings. The predicted octanol–water partition coefficient (Wildman–Crippen LogP) is 2.95. The van der Waals surface area contributed by atoms with E-state index in [1.807, 2.05) is 60.7 Å². The molecular formula is C26H34O8S. The largest absolute Gasteiger partial charge is 0.394 e. The Labute approximate surface area is 210 Å². The highest BCUT2D eigenvalue weighted by Crippen LogP contribution is 2.47. The summed E-state index contributed by atoms with van der Waals surface area (Å²) in [4.78, 5) is 0.967. The number of hydrogen-bond donors (Lipinski definition) is 2. The predicted molar refractivity (Wildman–Crippen MR) is 130 cm³/mol. The van der Waals surface area contributed by atoms with Crippen LogP contribution in [0.25, 0.3) is 0 Å². The Hall–Kier alpha value is -1.53. The van der Waals surface area contributed by atoms with Crippen molar-refractivity contribution in [3.05, 3.63) is 66.2 Å². The normalized spacial score (nSPS) is 35.9. The summed E-state index contributed by atoms with van der Waals surface area (Å²) in [6, 6.07) is 19.6. The molecule has 2 aliphatic rings. The zero-order chi connectivity index (χ0) is 25.1. The molecule has 2 aromatic carbocycles. The smallest absolute Gasteiger partial charge is 0.220 e. The number of ether oxygens (including phenoxy) is 6. The Balaban J connectivity index is 1.70. The van der Waals surface area contributed by atoms with Gasteiger partial charge in [0.25, 0.3) is 0 Å². The van der Waals surface area contributed by atoms with E-state index in [1.54, 1.807) is 13.8 Å². The molecule has 9 heteroatoms. The third kappa shape index (κ3) is 5.44. The Kier molecular flexibility index (Phi) is 8.53. The molecule has 0 aliphatic carbocycles. The Morgan fingerprint density at radius 3 is 2.06 bits per heavy atom. The van der Waals surface area contributed by atoms with Crippen LogP contribution in [-0.2, 0) is 35.0 Å². The lowest BCUT2D eigenvalue weighted by molar-refractivity contribution is -0.473. The molecule has 8 atom stereocenters. The standard InChI is InChI=1S/C26H34O8S/c1-25(29-3)26(2,30-4)34-22-21(33-25)20(19(28)15-27)32-24(35-18-13-9-6-10-14-18)23(22)31-16-17-11-7-5-8-12-17/h5-14,19-24,27-28H,15-16H2,1-4H3/t19-,20-,21-,22+,23+,24-,25+,26+/m1/s1. The van der Waals surface area contributed by atoms with Crippen molar-refractivity contribution in [1.29, 1.82) is 0 Å². The number of rotatable bonds is 9. The van der Waals surface area contributed by atoms with Crippen LogP contribution in [-0.4, -0.2) is 78.6 Å². The second-order valence-corrected chi connectivity index (χ2v) is 10.0. The van der Waals surface area contributed by atoms with Gasteiger partial charge in [0.1, 0.15) is 36.0 Å². The number of methoxy groups -OCH3 is 2. The number of fused-ring (bicyclic) bond motifs is 1. The molecule has 2 aromatic rings. The summed E-state index contributed by atoms with van der Waals surface area (Å²) in [6.07, 6.45) is -4.16. The van der Waals surface area contributed by atoms with Gasteiger partial charge in [-0.15, -0.1) is 0 Å². The van der Waals surface area contributed by atoms with Crippen LogP contribution in [0.4, 0.5) is 0 Å². The van der Waals surface area contributed by atoms with E-state index in [0.29, 0.717) is 6.61 Å². The van der Waals surface area contributed by atoms with Crippen molar-refractivity contribution in [3.63, 3.8) is 0 Å². The lowest BCUT2D eigenvalue weighted by Crippen LogP contribution is -2.73. The van der Waals surface area contributed by atoms with Crippen LogP contribution in [0.2, 0.25) is 0 Å². The second-order valence-electron chi connectivity index (χ2n) is 8.88. The number of benzene rings is 2. The van der Waals surface area contributed by atoms with Crippen molar-refractivity contribution in [2.75, 3.05) is 20.8 Å². The molecule has 0 aromatic heterocycles. The summed E-state index contributed by atoms with van der Waals surface area (Å²) < 4.78 is 37.1. The molecule has 0 bridgehead atoms. The van der Waals surface area contributed by atoms with E-state index >= 15 is 0 Å². The van der Waals surface area contributed by atoms with E-state index in [4.69, 9.17) is 28.4 Å². The molecule has 192 valence electrons. The zero-order valence-electron chi connectivity index (χ0n) is 20.4. The first-order chi connectivity index (χ1) is 16.8. The van der Waals surface area contributed by atoms with Gasteiger partial charge >= 0.3 is 0 Å². The minimum atomic E-state index is -1.30. The molecule has 0 amide bonds. The van der Waals surface area contributed by atoms with Crippen molar-refractivity contribution in [1.82, 2.24) is 0 Å². The summed E-state index contributed by atoms with van der Waals surface area (Å²) >= 11 is 1.46. The molecule has 35 heavy (non-hydrogen) atoms. The molecule has 4 rings (SSSR count). The molecule has 2 heterocycles. The van der Waals surface area contributed by atoms with Gasteiger partial charge in [0.05, 0.1) is 13.2 Å². The average Bonchev–Trinajstić information content (AvgIpc) is 2.89. The van der Waals surface area contributed by atoms with Crippen LogP contribution in [0.15, 0.2) is 65.6 Å². The first-order valence-electron chi connectivity index (χ1n) is 11.6. The monoisotopic (exact) mass is 506 g/mol. The number of hydrogen-bond acceptors (Lipinski definition) is 9. The van der Waals surface area contributed by atoms with Crippen LogP contribution < -0.4 is 0 Å². The van der Waals surface area contributed by atoms with Crippen LogP contribution >= 0.6 is 11.8 Å². The molecule has 2 saturated heterocycles. The van der Waals surface area contributed by atoms with E-state index in [2.05, 4.69) is 0 Å². The van der Waals surface area contributed by atoms with Crippen LogP contribution in [0.5, 0.6) is 0 Å². The lowest BCUT2D eigenvalue weighted by atomic mass is 9.92. The highest BCUT2D eigenvalue weighted by molar-refractivity contribution is 7.99. The molecule has 0 saturated carbocycles. The van der Waals surface area contributed by atoms with Gasteiger partial charge in [0.15, 0.2) is 0 Å². The van der Waals surface area contributed by atoms with Gasteiger partial charge in [-0.3, -0.25) is 0 Å². The number of aliphatic hydroxyl groups is 2. The fraction of sp³-hybridized carbons (Fsp3) is 0.538. The second kappa shape index (κ2) is 11.2. The van der Waals surface area contributed by atoms with Gasteiger partial charge in [-0.1, -0.05) is 60.3 Å². The van der Waals surface area contributed by atoms with Crippen molar-refractivity contribution in [2.24, 2.45) is 0 Å². The van der Waals surface area contributed by atoms with Crippen molar-refractivity contribution in [2.45, 2.75) is 72.9 Å². The van der Waals surface area contributed by atoms with E-state index in [9.17, 15) is 10.2 Å². The molecule has 0 spiro atoms. The summed E-state index contributed by atoms with van der Waals surface area (Å²) in [6.45, 7) is 3.28. The van der Waals surface area contributed by atoms with Crippen molar-refractivity contribution in [3.8, 4) is 0 Å². The maximum absolute atomic E-state index is 10.7. The summed E-state index contributed by atoms with van der Waals surface area (Å²) in [5.74, 6) is -2.58. The molecule has 2 aliphatic heterocycles. The highest BCUT2D eigenvalue weighted by Gasteiger charge is 2.63. The maximum Gasteiger partial charge on any atom is 0.220 e. The van der Waals surface area contributed by atoms with Gasteiger partial charge in [-0.2, -0.15) is 0 Å². The Morgan fingerprint density at radius 1 is 0.914 bits per heavy atom. The third-order valence-corrected chi connectivity index (χ3v) is 7.86. The molecule has 0 unspecified atom stereocenters. The van der Waals surface area contributed by atoms with E-state index in [-0.39, 0.29) is 0 Å². The molecule has 2 N–H and O–H groups in total. The average molecular weight is 507 g/mol. The molecule has 8 nitrogen and oxygen atoms in total. The number of thioether (sulfide) groups is 1. The maximum atomic E-state index is 10.7. The summed E-state index contributed by atoms with van der Waals surface area (Å²) in [5.41, 5.74) is 0.433. The summed E-state index contributed by atoms with van der Waals surface area (Å²) in [5, 5.41) is 20.5. The lowest BCUT2D eigenvalue weighted by Gasteiger charge is -2.57. The van der Waals surface area contributed by atoms with E-state index < -0.39 is 54.1 Å². The van der Waals surface area contributed by atoms with Gasteiger partial charge < -0.3 is 38.6 Å². The quantitative estimate of drug-likeness (QED) is 0.532. The van der Waals surface area contributed by atoms with Gasteiger partial charge in [-0.05, 0) is 31.5 Å². The van der Waals surface area contributed by atoms with Crippen LogP contribution in [0.3, 0.4) is 0 Å². The SMILES string of the molecule is CO[C@@]1(C)O[C@H]2[C@H](O[C@]1(C)OC)[C@H](OCc1ccccc1)[C@@H](Sc1ccccc1)O[C@@H]2[C@H](O)CO. The van der Waals surface area contributed by atoms with E-state index in [0.717, 1.165) is 10.5 Å². The first-order valence-corrected chi connectivity index (χ1v) is 12.5. The summed E-state index contributed by atoms with van der Waals surface area (Å²) in [7, 11) is 3.02. The van der Waals surface area contributed by atoms with Gasteiger partial charge in [0.2, 0.25) is 11.6 Å². The van der Waals surface area contributed by atoms with Crippen molar-refractivity contribution < 1.29 is 38.6 Å². The zero-order valence-corrected chi connectivity index (χ0v) is 21.2. The third-order valence-electron chi connectivity index (χ3n) is 6.70. The fourth-order valence-corrected chi connectivity index (χ4v) is 5.52. The van der Waals surface area contributed by atoms with Gasteiger partial charge in [0, 0.05) is 19.1 Å². The highest BCUT2D eigenvalue weighted by atomic mass is 32.2. The molecule has 0 radical (unpaired) electrons. The Morgan fingerprint density at radius 2 is 1.49 bits per heavy atom. The Bertz CT molecular complexity index is 933. The molecular weight excluding hydrogens is 472 g/mol. The minimum absolute atomic E-state index is 0.325. The van der Waals surface area contributed by atoms with Crippen LogP contribution in [0, 0.1) is 0 Å². The van der Waals surface area contributed by atoms with E-state index in [1.165, 1.54) is 26.0 Å². The minimum Gasteiger partial charge on any atom is -0.394 e. The number of aliphatic hydroxyl groups excluding tert-OH is 2. The first kappa shape index (κ1) is 26.5. The fourth-order valence-electron chi connectivity index (χ4n) is 4.39. The topological polar surface area (TPSA) is 95.8 Å². The van der Waals surface area contributed by atoms with Gasteiger partial charge in [-0.25, -0.2) is 0 Å². The van der Waals surface area contributed by atoms with Crippen molar-refractivity contribution >= 4 is 11.8 Å².